The maximum atomic E-state index is 11.8. The molecular weight excluding hydrogens is 214 g/mol. The predicted molar refractivity (Wildman–Crippen MR) is 69.0 cm³/mol. The van der Waals surface area contributed by atoms with Crippen LogP contribution in [0.25, 0.3) is 0 Å². The molecule has 4 heteroatoms. The molecule has 1 heterocycles. The van der Waals surface area contributed by atoms with Gasteiger partial charge in [-0.15, -0.1) is 0 Å². The summed E-state index contributed by atoms with van der Waals surface area (Å²) in [6.07, 6.45) is 0.778. The van der Waals surface area contributed by atoms with Crippen molar-refractivity contribution in [1.29, 1.82) is 0 Å². The molecule has 4 nitrogen and oxygen atoms in total. The number of nitrogens with two attached hydrogens (primary N) is 1. The van der Waals surface area contributed by atoms with Crippen LogP contribution in [0.15, 0.2) is 30.3 Å². The molecule has 17 heavy (non-hydrogen) atoms. The lowest BCUT2D eigenvalue weighted by Crippen LogP contribution is -2.43. The number of nitrogens with zero attached hydrogens (tertiary/aromatic N) is 1. The zero-order chi connectivity index (χ0) is 12.5. The number of nitrogens with one attached hydrogen (secondary N) is 1. The van der Waals surface area contributed by atoms with Gasteiger partial charge in [-0.3, -0.25) is 4.90 Å². The molecular formula is C13H19N3O. The first-order valence-electron chi connectivity index (χ1n) is 5.88. The zero-order valence-electron chi connectivity index (χ0n) is 10.3. The molecule has 0 saturated carbocycles. The summed E-state index contributed by atoms with van der Waals surface area (Å²) in [5.74, 6) is 0. The third-order valence-electron chi connectivity index (χ3n) is 2.87. The lowest BCUT2D eigenvalue weighted by Gasteiger charge is -2.29. The van der Waals surface area contributed by atoms with Gasteiger partial charge in [-0.2, -0.15) is 0 Å². The van der Waals surface area contributed by atoms with E-state index < -0.39 is 0 Å². The van der Waals surface area contributed by atoms with Crippen LogP contribution in [-0.4, -0.2) is 24.2 Å². The molecule has 1 aromatic carbocycles. The second-order valence-electron chi connectivity index (χ2n) is 5.24. The van der Waals surface area contributed by atoms with Gasteiger partial charge >= 0.3 is 6.03 Å². The number of hydrogen-bond acceptors (Lipinski definition) is 2. The van der Waals surface area contributed by atoms with Gasteiger partial charge < -0.3 is 11.1 Å². The van der Waals surface area contributed by atoms with Crippen LogP contribution in [0.2, 0.25) is 0 Å². The molecule has 1 atom stereocenters. The van der Waals surface area contributed by atoms with Crippen molar-refractivity contribution in [2.24, 2.45) is 5.73 Å². The number of rotatable bonds is 3. The Kier molecular flexibility index (Phi) is 3.07. The molecule has 0 bridgehead atoms. The van der Waals surface area contributed by atoms with Crippen LogP contribution in [0.4, 0.5) is 10.5 Å². The van der Waals surface area contributed by atoms with E-state index in [1.165, 1.54) is 0 Å². The van der Waals surface area contributed by atoms with Gasteiger partial charge in [-0.1, -0.05) is 18.2 Å². The van der Waals surface area contributed by atoms with E-state index in [1.54, 1.807) is 4.90 Å². The van der Waals surface area contributed by atoms with Gasteiger partial charge in [0.05, 0.1) is 6.04 Å². The van der Waals surface area contributed by atoms with Crippen LogP contribution in [-0.2, 0) is 0 Å². The summed E-state index contributed by atoms with van der Waals surface area (Å²) in [7, 11) is 0. The minimum absolute atomic E-state index is 0.0366. The molecule has 1 aliphatic heterocycles. The molecule has 2 rings (SSSR count). The molecule has 1 aromatic rings. The Labute approximate surface area is 102 Å². The summed E-state index contributed by atoms with van der Waals surface area (Å²) in [6, 6.07) is 9.80. The van der Waals surface area contributed by atoms with Crippen LogP contribution in [0.1, 0.15) is 20.3 Å². The van der Waals surface area contributed by atoms with Crippen molar-refractivity contribution in [3.05, 3.63) is 30.3 Å². The first-order valence-corrected chi connectivity index (χ1v) is 5.88. The molecule has 1 unspecified atom stereocenters. The lowest BCUT2D eigenvalue weighted by molar-refractivity contribution is 0.251. The number of carbonyl (C=O) groups is 1. The number of carbonyl (C=O) groups excluding carboxylic acids is 1. The second-order valence-corrected chi connectivity index (χ2v) is 5.24. The Bertz CT molecular complexity index is 397. The van der Waals surface area contributed by atoms with Crippen LogP contribution in [0.3, 0.4) is 0 Å². The van der Waals surface area contributed by atoms with Gasteiger partial charge in [0.1, 0.15) is 0 Å². The highest BCUT2D eigenvalue weighted by Gasteiger charge is 2.34. The maximum absolute atomic E-state index is 11.8. The highest BCUT2D eigenvalue weighted by Crippen LogP contribution is 2.24. The number of benzene rings is 1. The fraction of sp³-hybridized carbons (Fsp3) is 0.462. The van der Waals surface area contributed by atoms with E-state index >= 15 is 0 Å². The van der Waals surface area contributed by atoms with E-state index in [4.69, 9.17) is 5.73 Å². The van der Waals surface area contributed by atoms with Gasteiger partial charge in [0.15, 0.2) is 0 Å². The lowest BCUT2D eigenvalue weighted by atomic mass is 9.96. The standard InChI is InChI=1S/C13H19N3O/c1-13(2,14)8-11-9-15-12(17)16(11)10-6-4-3-5-7-10/h3-7,11H,8-9,14H2,1-2H3,(H,15,17). The van der Waals surface area contributed by atoms with Crippen LogP contribution < -0.4 is 16.0 Å². The Morgan fingerprint density at radius 1 is 1.41 bits per heavy atom. The zero-order valence-corrected chi connectivity index (χ0v) is 10.3. The molecule has 1 saturated heterocycles. The predicted octanol–water partition coefficient (Wildman–Crippen LogP) is 1.71. The van der Waals surface area contributed by atoms with Gasteiger partial charge in [0.2, 0.25) is 0 Å². The van der Waals surface area contributed by atoms with Gasteiger partial charge in [-0.25, -0.2) is 4.79 Å². The smallest absolute Gasteiger partial charge is 0.322 e. The number of anilines is 1. The summed E-state index contributed by atoms with van der Waals surface area (Å²) in [5.41, 5.74) is 6.69. The topological polar surface area (TPSA) is 58.4 Å². The van der Waals surface area contributed by atoms with Crippen molar-refractivity contribution in [3.8, 4) is 0 Å². The highest BCUT2D eigenvalue weighted by atomic mass is 16.2. The molecule has 0 aliphatic carbocycles. The second kappa shape index (κ2) is 4.37. The SMILES string of the molecule is CC(C)(N)CC1CNC(=O)N1c1ccccc1. The minimum atomic E-state index is -0.274. The quantitative estimate of drug-likeness (QED) is 0.835. The van der Waals surface area contributed by atoms with Crippen molar-refractivity contribution in [2.75, 3.05) is 11.4 Å². The summed E-state index contributed by atoms with van der Waals surface area (Å²) < 4.78 is 0. The van der Waals surface area contributed by atoms with Crippen molar-refractivity contribution in [2.45, 2.75) is 31.8 Å². The minimum Gasteiger partial charge on any atom is -0.336 e. The number of para-hydroxylation sites is 1. The first kappa shape index (κ1) is 11.9. The number of urea groups is 1. The Morgan fingerprint density at radius 3 is 2.65 bits per heavy atom. The molecule has 2 amide bonds. The fourth-order valence-electron chi connectivity index (χ4n) is 2.23. The third-order valence-corrected chi connectivity index (χ3v) is 2.87. The molecule has 1 aliphatic rings. The molecule has 1 fully saturated rings. The molecule has 3 N–H and O–H groups in total. The van der Waals surface area contributed by atoms with Crippen molar-refractivity contribution < 1.29 is 4.79 Å². The average Bonchev–Trinajstić information content (AvgIpc) is 2.58. The van der Waals surface area contributed by atoms with Gasteiger partial charge in [0.25, 0.3) is 0 Å². The monoisotopic (exact) mass is 233 g/mol. The van der Waals surface area contributed by atoms with Crippen LogP contribution >= 0.6 is 0 Å². The first-order chi connectivity index (χ1) is 7.97. The van der Waals surface area contributed by atoms with E-state index in [2.05, 4.69) is 5.32 Å². The molecule has 0 radical (unpaired) electrons. The van der Waals surface area contributed by atoms with Gasteiger partial charge in [0, 0.05) is 17.8 Å². The number of hydrogen-bond donors (Lipinski definition) is 2. The van der Waals surface area contributed by atoms with Crippen molar-refractivity contribution >= 4 is 11.7 Å². The Morgan fingerprint density at radius 2 is 2.06 bits per heavy atom. The molecule has 0 spiro atoms. The Balaban J connectivity index is 2.21. The van der Waals surface area contributed by atoms with E-state index in [-0.39, 0.29) is 17.6 Å². The van der Waals surface area contributed by atoms with E-state index in [0.29, 0.717) is 6.54 Å². The molecule has 0 aromatic heterocycles. The summed E-state index contributed by atoms with van der Waals surface area (Å²) in [5, 5.41) is 2.87. The average molecular weight is 233 g/mol. The maximum Gasteiger partial charge on any atom is 0.322 e. The summed E-state index contributed by atoms with van der Waals surface area (Å²) in [6.45, 7) is 4.63. The number of amides is 2. The van der Waals surface area contributed by atoms with Crippen LogP contribution in [0, 0.1) is 0 Å². The Hall–Kier alpha value is -1.55. The van der Waals surface area contributed by atoms with Gasteiger partial charge in [-0.05, 0) is 32.4 Å². The van der Waals surface area contributed by atoms with E-state index in [1.807, 2.05) is 44.2 Å². The normalized spacial score (nSPS) is 20.5. The fourth-order valence-corrected chi connectivity index (χ4v) is 2.23. The highest BCUT2D eigenvalue weighted by molar-refractivity contribution is 5.94. The van der Waals surface area contributed by atoms with Crippen molar-refractivity contribution in [3.63, 3.8) is 0 Å². The third kappa shape index (κ3) is 2.77. The van der Waals surface area contributed by atoms with E-state index in [9.17, 15) is 4.79 Å². The molecule has 92 valence electrons. The summed E-state index contributed by atoms with van der Waals surface area (Å²) in [4.78, 5) is 13.6. The summed E-state index contributed by atoms with van der Waals surface area (Å²) >= 11 is 0. The van der Waals surface area contributed by atoms with Crippen molar-refractivity contribution in [1.82, 2.24) is 5.32 Å². The van der Waals surface area contributed by atoms with E-state index in [0.717, 1.165) is 12.1 Å². The largest absolute Gasteiger partial charge is 0.336 e. The van der Waals surface area contributed by atoms with Crippen LogP contribution in [0.5, 0.6) is 0 Å².